The number of unbranched alkanes of at least 4 members (excludes halogenated alkanes) is 18. The summed E-state index contributed by atoms with van der Waals surface area (Å²) in [5.74, 6) is 0. The van der Waals surface area contributed by atoms with Crippen LogP contribution in [0, 0.1) is 0 Å². The van der Waals surface area contributed by atoms with E-state index in [4.69, 9.17) is 8.83 Å². The minimum Gasteiger partial charge on any atom is -0.452 e. The third kappa shape index (κ3) is 9.42. The Bertz CT molecular complexity index is 1890. The standard InChI is InChI=1S/C48H62O2/c1-3-5-7-9-11-13-15-17-19-22-26-37-30-32-40-43-36-42(39-28-24-21-25-29-39)46-41-33-31-38(27-23-20-18-16-14-12-10-8-6-4-2)35-45(41)50-48(46)47(43)49-44(40)34-37/h21,24-25,28-36H,3-20,22-23,26-27H2,1-2H3. The Morgan fingerprint density at radius 1 is 0.400 bits per heavy atom. The summed E-state index contributed by atoms with van der Waals surface area (Å²) < 4.78 is 13.5. The van der Waals surface area contributed by atoms with E-state index in [1.807, 2.05) is 0 Å². The van der Waals surface area contributed by atoms with E-state index in [1.165, 1.54) is 161 Å². The molecule has 0 spiro atoms. The van der Waals surface area contributed by atoms with Gasteiger partial charge < -0.3 is 8.83 Å². The third-order valence-corrected chi connectivity index (χ3v) is 11.0. The monoisotopic (exact) mass is 670 g/mol. The first kappa shape index (κ1) is 36.3. The van der Waals surface area contributed by atoms with Crippen molar-refractivity contribution in [2.75, 3.05) is 0 Å². The molecule has 266 valence electrons. The van der Waals surface area contributed by atoms with Crippen molar-refractivity contribution < 1.29 is 8.83 Å². The van der Waals surface area contributed by atoms with Crippen LogP contribution in [-0.4, -0.2) is 0 Å². The normalized spacial score (nSPS) is 12.0. The quantitative estimate of drug-likeness (QED) is 0.0634. The van der Waals surface area contributed by atoms with Crippen LogP contribution in [0.3, 0.4) is 0 Å². The number of fused-ring (bicyclic) bond motifs is 7. The Labute approximate surface area is 302 Å². The Morgan fingerprint density at radius 2 is 0.860 bits per heavy atom. The second-order valence-corrected chi connectivity index (χ2v) is 15.1. The van der Waals surface area contributed by atoms with Crippen LogP contribution in [-0.2, 0) is 12.8 Å². The highest BCUT2D eigenvalue weighted by molar-refractivity contribution is 6.24. The highest BCUT2D eigenvalue weighted by atomic mass is 16.4. The smallest absolute Gasteiger partial charge is 0.179 e. The lowest BCUT2D eigenvalue weighted by atomic mass is 9.96. The van der Waals surface area contributed by atoms with Crippen molar-refractivity contribution in [2.24, 2.45) is 0 Å². The summed E-state index contributed by atoms with van der Waals surface area (Å²) in [5, 5.41) is 4.65. The molecule has 0 radical (unpaired) electrons. The van der Waals surface area contributed by atoms with Gasteiger partial charge in [0.15, 0.2) is 11.2 Å². The van der Waals surface area contributed by atoms with Crippen molar-refractivity contribution in [3.05, 3.63) is 83.9 Å². The van der Waals surface area contributed by atoms with Gasteiger partial charge in [-0.2, -0.15) is 0 Å². The van der Waals surface area contributed by atoms with Crippen LogP contribution in [0.15, 0.2) is 81.6 Å². The van der Waals surface area contributed by atoms with Gasteiger partial charge >= 0.3 is 0 Å². The number of benzene rings is 4. The van der Waals surface area contributed by atoms with Crippen LogP contribution in [0.4, 0.5) is 0 Å². The van der Waals surface area contributed by atoms with E-state index in [0.29, 0.717) is 0 Å². The molecule has 0 bridgehead atoms. The second kappa shape index (κ2) is 19.2. The van der Waals surface area contributed by atoms with Gasteiger partial charge in [0.05, 0.1) is 0 Å². The fourth-order valence-electron chi connectivity index (χ4n) is 8.05. The lowest BCUT2D eigenvalue weighted by Gasteiger charge is -2.05. The summed E-state index contributed by atoms with van der Waals surface area (Å²) in [4.78, 5) is 0. The van der Waals surface area contributed by atoms with Crippen molar-refractivity contribution in [3.63, 3.8) is 0 Å². The molecule has 0 amide bonds. The first-order chi connectivity index (χ1) is 24.8. The highest BCUT2D eigenvalue weighted by Crippen LogP contribution is 2.44. The van der Waals surface area contributed by atoms with Crippen molar-refractivity contribution in [1.29, 1.82) is 0 Å². The largest absolute Gasteiger partial charge is 0.452 e. The average molecular weight is 671 g/mol. The Kier molecular flexibility index (Phi) is 13.9. The Hall–Kier alpha value is -3.52. The molecule has 2 heterocycles. The molecule has 4 aromatic carbocycles. The van der Waals surface area contributed by atoms with Crippen LogP contribution in [0.2, 0.25) is 0 Å². The van der Waals surface area contributed by atoms with Crippen LogP contribution in [0.25, 0.3) is 55.0 Å². The molecule has 0 aliphatic rings. The molecule has 0 N–H and O–H groups in total. The molecule has 2 nitrogen and oxygen atoms in total. The van der Waals surface area contributed by atoms with Crippen molar-refractivity contribution in [3.8, 4) is 11.1 Å². The fraction of sp³-hybridized carbons (Fsp3) is 0.500. The van der Waals surface area contributed by atoms with E-state index in [2.05, 4.69) is 86.6 Å². The molecule has 6 aromatic rings. The van der Waals surface area contributed by atoms with Crippen LogP contribution in [0.1, 0.15) is 153 Å². The van der Waals surface area contributed by atoms with Gasteiger partial charge in [-0.05, 0) is 66.1 Å². The maximum Gasteiger partial charge on any atom is 0.179 e. The Balaban J connectivity index is 1.15. The lowest BCUT2D eigenvalue weighted by Crippen LogP contribution is -1.87. The van der Waals surface area contributed by atoms with Crippen LogP contribution in [0.5, 0.6) is 0 Å². The van der Waals surface area contributed by atoms with Crippen LogP contribution >= 0.6 is 0 Å². The minimum atomic E-state index is 0.873. The lowest BCUT2D eigenvalue weighted by molar-refractivity contribution is 0.556. The molecule has 2 heteroatoms. The van der Waals surface area contributed by atoms with E-state index in [-0.39, 0.29) is 0 Å². The number of furan rings is 2. The number of aryl methyl sites for hydroxylation is 2. The molecular weight excluding hydrogens is 609 g/mol. The maximum absolute atomic E-state index is 6.77. The molecule has 6 rings (SSSR count). The third-order valence-electron chi connectivity index (χ3n) is 11.0. The van der Waals surface area contributed by atoms with Crippen molar-refractivity contribution in [1.82, 2.24) is 0 Å². The highest BCUT2D eigenvalue weighted by Gasteiger charge is 2.21. The van der Waals surface area contributed by atoms with Crippen LogP contribution < -0.4 is 0 Å². The minimum absolute atomic E-state index is 0.873. The average Bonchev–Trinajstić information content (AvgIpc) is 3.71. The fourth-order valence-corrected chi connectivity index (χ4v) is 8.05. The number of hydrogen-bond donors (Lipinski definition) is 0. The number of hydrogen-bond acceptors (Lipinski definition) is 2. The topological polar surface area (TPSA) is 26.3 Å². The van der Waals surface area contributed by atoms with Crippen molar-refractivity contribution in [2.45, 2.75) is 155 Å². The van der Waals surface area contributed by atoms with Gasteiger partial charge in [-0.1, -0.05) is 184 Å². The summed E-state index contributed by atoms with van der Waals surface area (Å²) in [6.45, 7) is 4.59. The summed E-state index contributed by atoms with van der Waals surface area (Å²) in [5.41, 5.74) is 8.86. The van der Waals surface area contributed by atoms with E-state index < -0.39 is 0 Å². The molecule has 50 heavy (non-hydrogen) atoms. The van der Waals surface area contributed by atoms with E-state index in [9.17, 15) is 0 Å². The molecule has 0 aliphatic heterocycles. The van der Waals surface area contributed by atoms with Gasteiger partial charge in [0.25, 0.3) is 0 Å². The summed E-state index contributed by atoms with van der Waals surface area (Å²) in [7, 11) is 0. The van der Waals surface area contributed by atoms with Gasteiger partial charge in [-0.15, -0.1) is 0 Å². The van der Waals surface area contributed by atoms with Gasteiger partial charge in [0.1, 0.15) is 11.2 Å². The molecule has 2 aromatic heterocycles. The molecule has 0 unspecified atom stereocenters. The van der Waals surface area contributed by atoms with E-state index in [0.717, 1.165) is 45.9 Å². The summed E-state index contributed by atoms with van der Waals surface area (Å²) >= 11 is 0. The first-order valence-corrected chi connectivity index (χ1v) is 20.7. The van der Waals surface area contributed by atoms with Gasteiger partial charge in [-0.25, -0.2) is 0 Å². The second-order valence-electron chi connectivity index (χ2n) is 15.1. The zero-order valence-corrected chi connectivity index (χ0v) is 31.3. The molecule has 0 fully saturated rings. The predicted molar refractivity (Wildman–Crippen MR) is 218 cm³/mol. The van der Waals surface area contributed by atoms with E-state index >= 15 is 0 Å². The summed E-state index contributed by atoms with van der Waals surface area (Å²) in [6, 6.07) is 26.9. The maximum atomic E-state index is 6.77. The summed E-state index contributed by atoms with van der Waals surface area (Å²) in [6.07, 6.45) is 29.5. The van der Waals surface area contributed by atoms with E-state index in [1.54, 1.807) is 0 Å². The molecule has 0 saturated heterocycles. The van der Waals surface area contributed by atoms with Crippen molar-refractivity contribution >= 4 is 43.9 Å². The zero-order valence-electron chi connectivity index (χ0n) is 31.3. The zero-order chi connectivity index (χ0) is 34.4. The predicted octanol–water partition coefficient (Wildman–Crippen LogP) is 16.1. The Morgan fingerprint density at radius 3 is 1.40 bits per heavy atom. The molecular formula is C48H62O2. The molecule has 0 atom stereocenters. The van der Waals surface area contributed by atoms with Gasteiger partial charge in [0, 0.05) is 21.5 Å². The SMILES string of the molecule is CCCCCCCCCCCCc1ccc2c(c1)oc1c2cc(-c2ccccc2)c2c3ccc(CCCCCCCCCCCC)cc3oc12. The number of rotatable bonds is 23. The van der Waals surface area contributed by atoms with Gasteiger partial charge in [0.2, 0.25) is 0 Å². The first-order valence-electron chi connectivity index (χ1n) is 20.7. The van der Waals surface area contributed by atoms with Gasteiger partial charge in [-0.3, -0.25) is 0 Å². The molecule has 0 saturated carbocycles. The molecule has 0 aliphatic carbocycles.